The predicted octanol–water partition coefficient (Wildman–Crippen LogP) is 1.63. The van der Waals surface area contributed by atoms with E-state index in [1.165, 1.54) is 12.8 Å². The number of hydrogen-bond donors (Lipinski definition) is 2. The van der Waals surface area contributed by atoms with Crippen LogP contribution in [0.5, 0.6) is 0 Å². The molecule has 1 aliphatic rings. The fraction of sp³-hybridized carbons (Fsp3) is 0.933. The average Bonchev–Trinajstić information content (AvgIpc) is 2.58. The summed E-state index contributed by atoms with van der Waals surface area (Å²) in [5.74, 6) is 0. The molecule has 0 bridgehead atoms. The number of hydrogen-bond acceptors (Lipinski definition) is 3. The lowest BCUT2D eigenvalue weighted by Crippen LogP contribution is -2.49. The minimum atomic E-state index is -0.161. The molecule has 0 atom stereocenters. The van der Waals surface area contributed by atoms with E-state index in [1.807, 2.05) is 25.7 Å². The second kappa shape index (κ2) is 8.47. The van der Waals surface area contributed by atoms with Crippen molar-refractivity contribution in [1.82, 2.24) is 15.1 Å². The Morgan fingerprint density at radius 3 is 2.50 bits per heavy atom. The molecule has 1 saturated heterocycles. The number of nitrogens with two attached hydrogens (primary N) is 1. The van der Waals surface area contributed by atoms with Crippen LogP contribution in [0.15, 0.2) is 0 Å². The van der Waals surface area contributed by atoms with Gasteiger partial charge in [-0.25, -0.2) is 4.79 Å². The van der Waals surface area contributed by atoms with Crippen LogP contribution in [0, 0.1) is 0 Å². The maximum atomic E-state index is 12.2. The summed E-state index contributed by atoms with van der Waals surface area (Å²) in [4.78, 5) is 16.6. The van der Waals surface area contributed by atoms with Gasteiger partial charge in [0, 0.05) is 25.2 Å². The number of amides is 2. The van der Waals surface area contributed by atoms with Gasteiger partial charge in [-0.05, 0) is 59.7 Å². The zero-order valence-electron chi connectivity index (χ0n) is 13.5. The minimum Gasteiger partial charge on any atom is -0.333 e. The van der Waals surface area contributed by atoms with Crippen molar-refractivity contribution in [1.29, 1.82) is 0 Å². The van der Waals surface area contributed by atoms with Crippen molar-refractivity contribution in [2.75, 3.05) is 39.3 Å². The Morgan fingerprint density at radius 1 is 1.10 bits per heavy atom. The maximum absolute atomic E-state index is 12.2. The first-order valence-corrected chi connectivity index (χ1v) is 7.92. The summed E-state index contributed by atoms with van der Waals surface area (Å²) >= 11 is 0. The Kier molecular flexibility index (Phi) is 7.30. The van der Waals surface area contributed by atoms with Crippen LogP contribution in [0.3, 0.4) is 0 Å². The van der Waals surface area contributed by atoms with Gasteiger partial charge < -0.3 is 20.9 Å². The first-order valence-electron chi connectivity index (χ1n) is 7.92. The molecule has 5 heteroatoms. The van der Waals surface area contributed by atoms with E-state index < -0.39 is 0 Å². The van der Waals surface area contributed by atoms with Crippen LogP contribution in [0.2, 0.25) is 0 Å². The third-order valence-electron chi connectivity index (χ3n) is 3.54. The second-order valence-corrected chi connectivity index (χ2v) is 6.71. The molecule has 0 radical (unpaired) electrons. The van der Waals surface area contributed by atoms with E-state index in [-0.39, 0.29) is 11.6 Å². The first kappa shape index (κ1) is 17.2. The largest absolute Gasteiger partial charge is 0.333 e. The average molecular weight is 284 g/mol. The molecule has 1 aliphatic heterocycles. The lowest BCUT2D eigenvalue weighted by atomic mass is 10.1. The summed E-state index contributed by atoms with van der Waals surface area (Å²) in [7, 11) is 0. The van der Waals surface area contributed by atoms with Gasteiger partial charge in [-0.3, -0.25) is 0 Å². The third kappa shape index (κ3) is 7.10. The van der Waals surface area contributed by atoms with Crippen molar-refractivity contribution in [3.05, 3.63) is 0 Å². The molecular weight excluding hydrogens is 252 g/mol. The van der Waals surface area contributed by atoms with Crippen LogP contribution < -0.4 is 11.1 Å². The molecule has 0 aromatic heterocycles. The normalized spacial score (nSPS) is 17.9. The molecule has 0 saturated carbocycles. The first-order chi connectivity index (χ1) is 9.42. The monoisotopic (exact) mass is 284 g/mol. The van der Waals surface area contributed by atoms with Crippen LogP contribution in [0.25, 0.3) is 0 Å². The van der Waals surface area contributed by atoms with Crippen LogP contribution in [0.1, 0.15) is 46.5 Å². The van der Waals surface area contributed by atoms with Crippen molar-refractivity contribution < 1.29 is 4.79 Å². The van der Waals surface area contributed by atoms with Gasteiger partial charge in [-0.2, -0.15) is 0 Å². The molecule has 1 heterocycles. The van der Waals surface area contributed by atoms with Crippen LogP contribution in [-0.4, -0.2) is 60.6 Å². The number of carbonyl (C=O) groups excluding carboxylic acids is 1. The molecule has 0 aliphatic carbocycles. The second-order valence-electron chi connectivity index (χ2n) is 6.71. The molecular formula is C15H32N4O. The highest BCUT2D eigenvalue weighted by Gasteiger charge is 2.22. The number of nitrogens with zero attached hydrogens (tertiary/aromatic N) is 2. The van der Waals surface area contributed by atoms with Gasteiger partial charge in [-0.15, -0.1) is 0 Å². The zero-order chi connectivity index (χ0) is 15.0. The fourth-order valence-corrected chi connectivity index (χ4v) is 2.45. The fourth-order valence-electron chi connectivity index (χ4n) is 2.45. The van der Waals surface area contributed by atoms with Crippen molar-refractivity contribution >= 4 is 6.03 Å². The number of carbonyl (C=O) groups is 1. The molecule has 0 aromatic carbocycles. The molecule has 1 rings (SSSR count). The summed E-state index contributed by atoms with van der Waals surface area (Å²) in [6, 6.07) is 0.0717. The smallest absolute Gasteiger partial charge is 0.317 e. The topological polar surface area (TPSA) is 61.6 Å². The van der Waals surface area contributed by atoms with Gasteiger partial charge in [0.1, 0.15) is 0 Å². The minimum absolute atomic E-state index is 0.0717. The standard InChI is InChI=1S/C15H32N4O/c1-15(2,3)17-14(20)19-11-7-10-18(12-13-19)9-6-4-5-8-16/h4-13,16H2,1-3H3,(H,17,20). The quantitative estimate of drug-likeness (QED) is 0.754. The lowest BCUT2D eigenvalue weighted by Gasteiger charge is -2.27. The number of unbranched alkanes of at least 4 members (excludes halogenated alkanes) is 2. The van der Waals surface area contributed by atoms with Gasteiger partial charge in [0.15, 0.2) is 0 Å². The predicted molar refractivity (Wildman–Crippen MR) is 83.8 cm³/mol. The molecule has 2 amide bonds. The number of urea groups is 1. The molecule has 0 spiro atoms. The Bertz CT molecular complexity index is 288. The summed E-state index contributed by atoms with van der Waals surface area (Å²) < 4.78 is 0. The molecule has 0 unspecified atom stereocenters. The third-order valence-corrected chi connectivity index (χ3v) is 3.54. The van der Waals surface area contributed by atoms with Crippen molar-refractivity contribution in [3.63, 3.8) is 0 Å². The molecule has 20 heavy (non-hydrogen) atoms. The highest BCUT2D eigenvalue weighted by atomic mass is 16.2. The van der Waals surface area contributed by atoms with Gasteiger partial charge in [0.2, 0.25) is 0 Å². The van der Waals surface area contributed by atoms with Crippen molar-refractivity contribution in [2.45, 2.75) is 52.0 Å². The van der Waals surface area contributed by atoms with Gasteiger partial charge in [0.25, 0.3) is 0 Å². The molecule has 5 nitrogen and oxygen atoms in total. The van der Waals surface area contributed by atoms with E-state index in [4.69, 9.17) is 5.73 Å². The highest BCUT2D eigenvalue weighted by Crippen LogP contribution is 2.07. The van der Waals surface area contributed by atoms with Crippen molar-refractivity contribution in [2.24, 2.45) is 5.73 Å². The molecule has 118 valence electrons. The van der Waals surface area contributed by atoms with E-state index in [1.54, 1.807) is 0 Å². The summed E-state index contributed by atoms with van der Waals surface area (Å²) in [6.45, 7) is 11.8. The van der Waals surface area contributed by atoms with Crippen LogP contribution >= 0.6 is 0 Å². The maximum Gasteiger partial charge on any atom is 0.317 e. The molecule has 3 N–H and O–H groups in total. The SMILES string of the molecule is CC(C)(C)NC(=O)N1CCCN(CCCCCN)CC1. The van der Waals surface area contributed by atoms with E-state index in [0.717, 1.165) is 52.1 Å². The Balaban J connectivity index is 2.30. The zero-order valence-corrected chi connectivity index (χ0v) is 13.5. The summed E-state index contributed by atoms with van der Waals surface area (Å²) in [5.41, 5.74) is 5.35. The molecule has 0 aromatic rings. The lowest BCUT2D eigenvalue weighted by molar-refractivity contribution is 0.189. The Hall–Kier alpha value is -0.810. The van der Waals surface area contributed by atoms with E-state index in [9.17, 15) is 4.79 Å². The summed E-state index contributed by atoms with van der Waals surface area (Å²) in [6.07, 6.45) is 4.61. The van der Waals surface area contributed by atoms with Crippen LogP contribution in [0.4, 0.5) is 4.79 Å². The van der Waals surface area contributed by atoms with E-state index in [2.05, 4.69) is 10.2 Å². The van der Waals surface area contributed by atoms with E-state index >= 15 is 0 Å². The highest BCUT2D eigenvalue weighted by molar-refractivity contribution is 5.74. The number of rotatable bonds is 5. The Labute approximate surface area is 123 Å². The number of nitrogens with one attached hydrogen (secondary N) is 1. The van der Waals surface area contributed by atoms with Gasteiger partial charge in [-0.1, -0.05) is 6.42 Å². The van der Waals surface area contributed by atoms with Crippen molar-refractivity contribution in [3.8, 4) is 0 Å². The molecule has 1 fully saturated rings. The summed E-state index contributed by atoms with van der Waals surface area (Å²) in [5, 5.41) is 3.05. The Morgan fingerprint density at radius 2 is 1.85 bits per heavy atom. The van der Waals surface area contributed by atoms with Gasteiger partial charge >= 0.3 is 6.03 Å². The van der Waals surface area contributed by atoms with Crippen LogP contribution in [-0.2, 0) is 0 Å². The van der Waals surface area contributed by atoms with E-state index in [0.29, 0.717) is 0 Å². The van der Waals surface area contributed by atoms with Gasteiger partial charge in [0.05, 0.1) is 0 Å².